The SMILES string of the molecule is N#Cc1c(-c2c[nH]c3ccccc23)[nH]c(C(=O)c2ccccc2)c1-c1ccc(Br)cc1. The molecule has 0 unspecified atom stereocenters. The van der Waals surface area contributed by atoms with Crippen LogP contribution >= 0.6 is 15.9 Å². The molecule has 0 aliphatic carbocycles. The molecule has 0 saturated heterocycles. The van der Waals surface area contributed by atoms with Crippen molar-refractivity contribution in [2.45, 2.75) is 0 Å². The quantitative estimate of drug-likeness (QED) is 0.290. The molecular formula is C26H16BrN3O. The molecule has 2 heterocycles. The number of aromatic amines is 2. The van der Waals surface area contributed by atoms with Gasteiger partial charge in [-0.05, 0) is 23.8 Å². The lowest BCUT2D eigenvalue weighted by molar-refractivity contribution is 0.103. The number of fused-ring (bicyclic) bond motifs is 1. The molecule has 0 radical (unpaired) electrons. The van der Waals surface area contributed by atoms with Gasteiger partial charge in [0, 0.05) is 38.3 Å². The zero-order chi connectivity index (χ0) is 21.4. The summed E-state index contributed by atoms with van der Waals surface area (Å²) < 4.78 is 0.929. The monoisotopic (exact) mass is 465 g/mol. The normalized spacial score (nSPS) is 10.8. The number of nitriles is 1. The summed E-state index contributed by atoms with van der Waals surface area (Å²) in [6.45, 7) is 0. The van der Waals surface area contributed by atoms with Crippen LogP contribution in [0.15, 0.2) is 89.5 Å². The number of hydrogen-bond acceptors (Lipinski definition) is 2. The molecule has 31 heavy (non-hydrogen) atoms. The number of nitrogens with zero attached hydrogens (tertiary/aromatic N) is 1. The van der Waals surface area contributed by atoms with Gasteiger partial charge in [0.15, 0.2) is 0 Å². The maximum absolute atomic E-state index is 13.5. The highest BCUT2D eigenvalue weighted by Crippen LogP contribution is 2.39. The number of nitrogens with one attached hydrogen (secondary N) is 2. The first-order chi connectivity index (χ1) is 15.2. The van der Waals surface area contributed by atoms with Gasteiger partial charge >= 0.3 is 0 Å². The first-order valence-electron chi connectivity index (χ1n) is 9.75. The van der Waals surface area contributed by atoms with Gasteiger partial charge in [-0.1, -0.05) is 76.6 Å². The second-order valence-electron chi connectivity index (χ2n) is 7.19. The summed E-state index contributed by atoms with van der Waals surface area (Å²) in [4.78, 5) is 20.0. The highest BCUT2D eigenvalue weighted by molar-refractivity contribution is 9.10. The topological polar surface area (TPSA) is 72.4 Å². The molecule has 3 aromatic carbocycles. The van der Waals surface area contributed by atoms with Crippen LogP contribution in [0, 0.1) is 11.3 Å². The number of benzene rings is 3. The summed E-state index contributed by atoms with van der Waals surface area (Å²) in [5, 5.41) is 11.1. The zero-order valence-corrected chi connectivity index (χ0v) is 17.9. The summed E-state index contributed by atoms with van der Waals surface area (Å²) in [7, 11) is 0. The number of aromatic nitrogens is 2. The van der Waals surface area contributed by atoms with E-state index >= 15 is 0 Å². The molecule has 4 nitrogen and oxygen atoms in total. The Hall–Kier alpha value is -3.88. The predicted octanol–water partition coefficient (Wildman–Crippen LogP) is 6.70. The highest BCUT2D eigenvalue weighted by Gasteiger charge is 2.26. The molecule has 0 amide bonds. The van der Waals surface area contributed by atoms with E-state index in [0.29, 0.717) is 28.1 Å². The number of para-hydroxylation sites is 1. The maximum atomic E-state index is 13.5. The fourth-order valence-corrected chi connectivity index (χ4v) is 4.17. The number of hydrogen-bond donors (Lipinski definition) is 2. The number of carbonyl (C=O) groups is 1. The molecule has 2 N–H and O–H groups in total. The zero-order valence-electron chi connectivity index (χ0n) is 16.3. The predicted molar refractivity (Wildman–Crippen MR) is 126 cm³/mol. The molecule has 5 rings (SSSR count). The Morgan fingerprint density at radius 1 is 0.903 bits per heavy atom. The van der Waals surface area contributed by atoms with Crippen LogP contribution in [0.2, 0.25) is 0 Å². The lowest BCUT2D eigenvalue weighted by Gasteiger charge is -2.05. The van der Waals surface area contributed by atoms with Gasteiger partial charge in [-0.25, -0.2) is 0 Å². The number of rotatable bonds is 4. The van der Waals surface area contributed by atoms with E-state index in [9.17, 15) is 10.1 Å². The number of carbonyl (C=O) groups excluding carboxylic acids is 1. The van der Waals surface area contributed by atoms with Gasteiger partial charge < -0.3 is 9.97 Å². The van der Waals surface area contributed by atoms with Crippen molar-refractivity contribution in [3.05, 3.63) is 106 Å². The minimum absolute atomic E-state index is 0.152. The van der Waals surface area contributed by atoms with Crippen LogP contribution in [-0.2, 0) is 0 Å². The minimum Gasteiger partial charge on any atom is -0.360 e. The van der Waals surface area contributed by atoms with Crippen molar-refractivity contribution in [1.82, 2.24) is 9.97 Å². The van der Waals surface area contributed by atoms with Crippen molar-refractivity contribution in [2.75, 3.05) is 0 Å². The van der Waals surface area contributed by atoms with Crippen LogP contribution in [0.3, 0.4) is 0 Å². The largest absolute Gasteiger partial charge is 0.360 e. The minimum atomic E-state index is -0.152. The molecule has 0 saturated carbocycles. The molecule has 0 spiro atoms. The van der Waals surface area contributed by atoms with Crippen molar-refractivity contribution in [1.29, 1.82) is 5.26 Å². The third-order valence-corrected chi connectivity index (χ3v) is 5.89. The lowest BCUT2D eigenvalue weighted by atomic mass is 9.96. The van der Waals surface area contributed by atoms with Crippen LogP contribution in [-0.4, -0.2) is 15.8 Å². The van der Waals surface area contributed by atoms with Crippen LogP contribution < -0.4 is 0 Å². The van der Waals surface area contributed by atoms with E-state index in [1.165, 1.54) is 0 Å². The Labute approximate surface area is 187 Å². The van der Waals surface area contributed by atoms with Gasteiger partial charge in [0.2, 0.25) is 5.78 Å². The van der Waals surface area contributed by atoms with Crippen LogP contribution in [0.1, 0.15) is 21.6 Å². The molecule has 148 valence electrons. The smallest absolute Gasteiger partial charge is 0.209 e. The third kappa shape index (κ3) is 3.27. The van der Waals surface area contributed by atoms with Gasteiger partial charge in [0.1, 0.15) is 6.07 Å². The summed E-state index contributed by atoms with van der Waals surface area (Å²) in [6, 6.07) is 27.0. The first-order valence-corrected chi connectivity index (χ1v) is 10.5. The van der Waals surface area contributed by atoms with Crippen molar-refractivity contribution >= 4 is 32.6 Å². The molecule has 5 aromatic rings. The average Bonchev–Trinajstić information content (AvgIpc) is 3.41. The molecule has 0 aliphatic rings. The van der Waals surface area contributed by atoms with E-state index in [2.05, 4.69) is 32.0 Å². The first kappa shape index (κ1) is 19.1. The van der Waals surface area contributed by atoms with Crippen molar-refractivity contribution in [3.8, 4) is 28.5 Å². The number of H-pyrrole nitrogens is 2. The lowest BCUT2D eigenvalue weighted by Crippen LogP contribution is -2.03. The van der Waals surface area contributed by atoms with E-state index in [1.807, 2.05) is 72.9 Å². The molecular weight excluding hydrogens is 450 g/mol. The van der Waals surface area contributed by atoms with E-state index in [4.69, 9.17) is 0 Å². The second kappa shape index (κ2) is 7.75. The third-order valence-electron chi connectivity index (χ3n) is 5.37. The Kier molecular flexibility index (Phi) is 4.78. The molecule has 0 bridgehead atoms. The van der Waals surface area contributed by atoms with Gasteiger partial charge in [-0.2, -0.15) is 5.26 Å². The number of ketones is 1. The molecule has 2 aromatic heterocycles. The Bertz CT molecular complexity index is 1450. The van der Waals surface area contributed by atoms with Crippen molar-refractivity contribution in [3.63, 3.8) is 0 Å². The summed E-state index contributed by atoms with van der Waals surface area (Å²) >= 11 is 3.46. The second-order valence-corrected chi connectivity index (χ2v) is 8.10. The van der Waals surface area contributed by atoms with Crippen molar-refractivity contribution < 1.29 is 4.79 Å². The van der Waals surface area contributed by atoms with Gasteiger partial charge in [0.05, 0.1) is 17.0 Å². The Morgan fingerprint density at radius 3 is 2.35 bits per heavy atom. The van der Waals surface area contributed by atoms with Crippen molar-refractivity contribution in [2.24, 2.45) is 0 Å². The fourth-order valence-electron chi connectivity index (χ4n) is 3.90. The van der Waals surface area contributed by atoms with E-state index in [-0.39, 0.29) is 5.78 Å². The molecule has 0 atom stereocenters. The van der Waals surface area contributed by atoms with Gasteiger partial charge in [0.25, 0.3) is 0 Å². The van der Waals surface area contributed by atoms with Gasteiger partial charge in [-0.15, -0.1) is 0 Å². The fraction of sp³-hybridized carbons (Fsp3) is 0. The van der Waals surface area contributed by atoms with E-state index < -0.39 is 0 Å². The summed E-state index contributed by atoms with van der Waals surface area (Å²) in [5.74, 6) is -0.152. The standard InChI is InChI=1S/C26H16BrN3O/c27-18-12-10-16(11-13-18)23-20(14-28)24(21-15-29-22-9-5-4-8-19(21)22)30-25(23)26(31)17-6-2-1-3-7-17/h1-13,15,29-30H. The summed E-state index contributed by atoms with van der Waals surface area (Å²) in [6.07, 6.45) is 1.87. The highest BCUT2D eigenvalue weighted by atomic mass is 79.9. The maximum Gasteiger partial charge on any atom is 0.209 e. The summed E-state index contributed by atoms with van der Waals surface area (Å²) in [5.41, 5.74) is 5.31. The Morgan fingerprint density at radius 2 is 1.61 bits per heavy atom. The van der Waals surface area contributed by atoms with Crippen LogP contribution in [0.4, 0.5) is 0 Å². The molecule has 0 aliphatic heterocycles. The molecule has 0 fully saturated rings. The Balaban J connectivity index is 1.80. The van der Waals surface area contributed by atoms with E-state index in [0.717, 1.165) is 26.5 Å². The van der Waals surface area contributed by atoms with Crippen LogP contribution in [0.5, 0.6) is 0 Å². The van der Waals surface area contributed by atoms with E-state index in [1.54, 1.807) is 12.1 Å². The van der Waals surface area contributed by atoms with Gasteiger partial charge in [-0.3, -0.25) is 4.79 Å². The van der Waals surface area contributed by atoms with Crippen LogP contribution in [0.25, 0.3) is 33.3 Å². The molecule has 5 heteroatoms. The number of halogens is 1. The average molecular weight is 466 g/mol.